The Labute approximate surface area is 262 Å². The fraction of sp³-hybridized carbons (Fsp3) is 0.472. The predicted molar refractivity (Wildman–Crippen MR) is 175 cm³/mol. The molecule has 44 heavy (non-hydrogen) atoms. The molecule has 0 aliphatic carbocycles. The quantitative estimate of drug-likeness (QED) is 0.309. The number of methoxy groups -OCH3 is 1. The van der Waals surface area contributed by atoms with E-state index in [1.807, 2.05) is 42.4 Å². The van der Waals surface area contributed by atoms with Gasteiger partial charge < -0.3 is 24.8 Å². The number of nitrogens with zero attached hydrogens (tertiary/aromatic N) is 4. The van der Waals surface area contributed by atoms with E-state index >= 15 is 0 Å². The molecule has 2 fully saturated rings. The summed E-state index contributed by atoms with van der Waals surface area (Å²) in [5, 5.41) is 3.12. The topological polar surface area (TPSA) is 78.0 Å². The van der Waals surface area contributed by atoms with E-state index in [1.54, 1.807) is 19.2 Å². The Morgan fingerprint density at radius 3 is 2.39 bits per heavy atom. The van der Waals surface area contributed by atoms with Crippen LogP contribution in [-0.4, -0.2) is 78.5 Å². The van der Waals surface area contributed by atoms with Crippen LogP contribution < -0.4 is 15.0 Å². The highest BCUT2D eigenvalue weighted by atomic mass is 16.5. The maximum atomic E-state index is 13.0. The molecule has 1 atom stereocenters. The van der Waals surface area contributed by atoms with Crippen LogP contribution in [0.25, 0.3) is 0 Å². The summed E-state index contributed by atoms with van der Waals surface area (Å²) >= 11 is 0. The summed E-state index contributed by atoms with van der Waals surface area (Å²) in [6, 6.07) is 16.7. The zero-order valence-electron chi connectivity index (χ0n) is 26.7. The van der Waals surface area contributed by atoms with Gasteiger partial charge in [0.2, 0.25) is 0 Å². The molecule has 234 valence electrons. The van der Waals surface area contributed by atoms with Gasteiger partial charge in [0.05, 0.1) is 7.11 Å². The van der Waals surface area contributed by atoms with Crippen molar-refractivity contribution < 1.29 is 14.3 Å². The van der Waals surface area contributed by atoms with Crippen molar-refractivity contribution in [2.75, 3.05) is 44.7 Å². The zero-order chi connectivity index (χ0) is 31.1. The van der Waals surface area contributed by atoms with Crippen molar-refractivity contribution in [2.45, 2.75) is 71.5 Å². The highest BCUT2D eigenvalue weighted by molar-refractivity contribution is 5.99. The molecule has 2 amide bonds. The van der Waals surface area contributed by atoms with Crippen molar-refractivity contribution >= 4 is 17.5 Å². The number of aromatic nitrogens is 1. The van der Waals surface area contributed by atoms with Crippen molar-refractivity contribution in [1.29, 1.82) is 0 Å². The van der Waals surface area contributed by atoms with Crippen LogP contribution in [0.5, 0.6) is 5.75 Å². The highest BCUT2D eigenvalue weighted by Crippen LogP contribution is 2.29. The second-order valence-corrected chi connectivity index (χ2v) is 12.3. The lowest BCUT2D eigenvalue weighted by Crippen LogP contribution is -2.48. The van der Waals surface area contributed by atoms with Crippen LogP contribution in [0.4, 0.5) is 5.69 Å². The molecule has 0 spiro atoms. The van der Waals surface area contributed by atoms with Gasteiger partial charge in [0, 0.05) is 80.6 Å². The average molecular weight is 598 g/mol. The summed E-state index contributed by atoms with van der Waals surface area (Å²) in [6.07, 6.45) is 9.01. The van der Waals surface area contributed by atoms with Crippen LogP contribution in [-0.2, 0) is 6.54 Å². The lowest BCUT2D eigenvalue weighted by Gasteiger charge is -2.42. The minimum atomic E-state index is -0.0746. The zero-order valence-corrected chi connectivity index (χ0v) is 26.7. The number of anilines is 1. The Morgan fingerprint density at radius 2 is 1.73 bits per heavy atom. The molecular weight excluding hydrogens is 550 g/mol. The van der Waals surface area contributed by atoms with E-state index < -0.39 is 0 Å². The van der Waals surface area contributed by atoms with E-state index in [0.29, 0.717) is 29.8 Å². The van der Waals surface area contributed by atoms with Gasteiger partial charge in [0.25, 0.3) is 11.8 Å². The molecule has 0 unspecified atom stereocenters. The first-order valence-electron chi connectivity index (χ1n) is 16.1. The fourth-order valence-corrected chi connectivity index (χ4v) is 6.52. The Morgan fingerprint density at radius 1 is 1.00 bits per heavy atom. The van der Waals surface area contributed by atoms with E-state index in [0.717, 1.165) is 76.1 Å². The Hall–Kier alpha value is -3.91. The molecule has 2 aromatic carbocycles. The van der Waals surface area contributed by atoms with Crippen LogP contribution in [0.2, 0.25) is 0 Å². The average Bonchev–Trinajstić information content (AvgIpc) is 3.59. The van der Waals surface area contributed by atoms with Crippen molar-refractivity contribution in [3.63, 3.8) is 0 Å². The summed E-state index contributed by atoms with van der Waals surface area (Å²) in [4.78, 5) is 37.1. The molecule has 0 radical (unpaired) electrons. The molecule has 5 rings (SSSR count). The number of hydrogen-bond donors (Lipinski definition) is 1. The van der Waals surface area contributed by atoms with Gasteiger partial charge in [-0.3, -0.25) is 14.6 Å². The number of carbonyl (C=O) groups excluding carboxylic acids is 2. The normalized spacial score (nSPS) is 16.5. The second-order valence-electron chi connectivity index (χ2n) is 12.3. The number of likely N-dealkylation sites (tertiary alicyclic amines) is 2. The molecule has 0 saturated carbocycles. The summed E-state index contributed by atoms with van der Waals surface area (Å²) in [7, 11) is 1.70. The number of carbonyl (C=O) groups is 2. The number of nitrogens with one attached hydrogen (secondary N) is 1. The number of amides is 2. The minimum absolute atomic E-state index is 0.0643. The number of piperidine rings is 1. The minimum Gasteiger partial charge on any atom is -0.497 e. The Bertz CT molecular complexity index is 1410. The molecule has 0 bridgehead atoms. The monoisotopic (exact) mass is 597 g/mol. The van der Waals surface area contributed by atoms with Crippen LogP contribution in [0.1, 0.15) is 76.4 Å². The van der Waals surface area contributed by atoms with Gasteiger partial charge in [-0.25, -0.2) is 0 Å². The standard InChI is InChI=1S/C36H47N5O3/c1-26-13-17-37-24-30(26)25-41(31-8-10-33(44-4)11-9-31)32-15-21-39(22-16-32)28(3)14-18-38-35(42)34-12-7-29(23-27(34)2)36(43)40-19-5-6-20-40/h7-13,17,23-24,28,32H,5-6,14-16,18-22,25H2,1-4H3,(H,38,42)/t28-/m1/s1. The summed E-state index contributed by atoms with van der Waals surface area (Å²) in [5.74, 6) is 0.852. The van der Waals surface area contributed by atoms with E-state index in [9.17, 15) is 9.59 Å². The van der Waals surface area contributed by atoms with Crippen LogP contribution in [0, 0.1) is 13.8 Å². The third-order valence-corrected chi connectivity index (χ3v) is 9.41. The van der Waals surface area contributed by atoms with Crippen molar-refractivity contribution in [3.05, 3.63) is 88.7 Å². The number of aryl methyl sites for hydroxylation is 2. The van der Waals surface area contributed by atoms with Gasteiger partial charge in [-0.15, -0.1) is 0 Å². The molecule has 8 heteroatoms. The molecule has 2 aliphatic heterocycles. The number of pyridine rings is 1. The molecule has 2 saturated heterocycles. The third kappa shape index (κ3) is 7.59. The number of ether oxygens (including phenoxy) is 1. The molecule has 1 N–H and O–H groups in total. The lowest BCUT2D eigenvalue weighted by molar-refractivity contribution is 0.0791. The van der Waals surface area contributed by atoms with E-state index in [4.69, 9.17) is 4.74 Å². The fourth-order valence-electron chi connectivity index (χ4n) is 6.52. The van der Waals surface area contributed by atoms with E-state index in [-0.39, 0.29) is 11.8 Å². The van der Waals surface area contributed by atoms with Crippen LogP contribution >= 0.6 is 0 Å². The van der Waals surface area contributed by atoms with Gasteiger partial charge in [0.15, 0.2) is 0 Å². The maximum absolute atomic E-state index is 13.0. The summed E-state index contributed by atoms with van der Waals surface area (Å²) in [5.41, 5.74) is 5.85. The molecule has 2 aliphatic rings. The van der Waals surface area contributed by atoms with Gasteiger partial charge >= 0.3 is 0 Å². The summed E-state index contributed by atoms with van der Waals surface area (Å²) in [6.45, 7) is 11.4. The highest BCUT2D eigenvalue weighted by Gasteiger charge is 2.28. The Kier molecular flexibility index (Phi) is 10.5. The molecular formula is C36H47N5O3. The summed E-state index contributed by atoms with van der Waals surface area (Å²) < 4.78 is 5.41. The number of hydrogen-bond acceptors (Lipinski definition) is 6. The van der Waals surface area contributed by atoms with Crippen molar-refractivity contribution in [1.82, 2.24) is 20.1 Å². The van der Waals surface area contributed by atoms with Gasteiger partial charge in [-0.2, -0.15) is 0 Å². The predicted octanol–water partition coefficient (Wildman–Crippen LogP) is 5.62. The van der Waals surface area contributed by atoms with Gasteiger partial charge in [0.1, 0.15) is 5.75 Å². The SMILES string of the molecule is COc1ccc(N(Cc2cnccc2C)C2CCN([C@H](C)CCNC(=O)c3ccc(C(=O)N4CCCC4)cc3C)CC2)cc1. The van der Waals surface area contributed by atoms with E-state index in [1.165, 1.54) is 16.8 Å². The van der Waals surface area contributed by atoms with Crippen molar-refractivity contribution in [2.24, 2.45) is 0 Å². The smallest absolute Gasteiger partial charge is 0.253 e. The molecule has 8 nitrogen and oxygen atoms in total. The first kappa shape index (κ1) is 31.5. The lowest BCUT2D eigenvalue weighted by atomic mass is 9.99. The van der Waals surface area contributed by atoms with Crippen LogP contribution in [0.3, 0.4) is 0 Å². The first-order valence-corrected chi connectivity index (χ1v) is 16.1. The largest absolute Gasteiger partial charge is 0.497 e. The molecule has 1 aromatic heterocycles. The molecule has 3 aromatic rings. The molecule has 3 heterocycles. The van der Waals surface area contributed by atoms with Crippen LogP contribution in [0.15, 0.2) is 60.9 Å². The second kappa shape index (κ2) is 14.7. The Balaban J connectivity index is 1.13. The number of benzene rings is 2. The maximum Gasteiger partial charge on any atom is 0.253 e. The van der Waals surface area contributed by atoms with Gasteiger partial charge in [-0.1, -0.05) is 0 Å². The third-order valence-electron chi connectivity index (χ3n) is 9.41. The first-order chi connectivity index (χ1) is 21.3. The van der Waals surface area contributed by atoms with Gasteiger partial charge in [-0.05, 0) is 118 Å². The number of rotatable bonds is 11. The van der Waals surface area contributed by atoms with E-state index in [2.05, 4.69) is 52.1 Å². The van der Waals surface area contributed by atoms with Crippen molar-refractivity contribution in [3.8, 4) is 5.75 Å².